The number of nitriles is 1. The summed E-state index contributed by atoms with van der Waals surface area (Å²) in [5.41, 5.74) is 2.39. The Hall–Kier alpha value is -2.34. The lowest BCUT2D eigenvalue weighted by Crippen LogP contribution is -2.09. The van der Waals surface area contributed by atoms with E-state index in [-0.39, 0.29) is 11.9 Å². The Kier molecular flexibility index (Phi) is 4.15. The lowest BCUT2D eigenvalue weighted by molar-refractivity contribution is 0.621. The van der Waals surface area contributed by atoms with Crippen LogP contribution in [0.3, 0.4) is 0 Å². The first-order chi connectivity index (χ1) is 9.22. The highest BCUT2D eigenvalue weighted by atomic mass is 19.1. The second kappa shape index (κ2) is 6.01. The molecular weight excluding hydrogens is 239 g/mol. The summed E-state index contributed by atoms with van der Waals surface area (Å²) in [7, 11) is 0. The van der Waals surface area contributed by atoms with Crippen LogP contribution in [0.25, 0.3) is 0 Å². The molecule has 0 heterocycles. The summed E-state index contributed by atoms with van der Waals surface area (Å²) in [5, 5.41) is 12.2. The zero-order valence-corrected chi connectivity index (χ0v) is 10.7. The summed E-state index contributed by atoms with van der Waals surface area (Å²) in [4.78, 5) is 0. The van der Waals surface area contributed by atoms with Crippen molar-refractivity contribution < 1.29 is 4.39 Å². The van der Waals surface area contributed by atoms with Crippen molar-refractivity contribution in [2.45, 2.75) is 19.4 Å². The molecule has 0 spiro atoms. The normalized spacial score (nSPS) is 11.6. The van der Waals surface area contributed by atoms with Gasteiger partial charge < -0.3 is 5.32 Å². The summed E-state index contributed by atoms with van der Waals surface area (Å²) in [5.74, 6) is -0.233. The monoisotopic (exact) mass is 254 g/mol. The third kappa shape index (κ3) is 3.32. The molecule has 1 atom stereocenters. The van der Waals surface area contributed by atoms with Crippen molar-refractivity contribution in [1.82, 2.24) is 0 Å². The van der Waals surface area contributed by atoms with Crippen molar-refractivity contribution >= 4 is 5.69 Å². The number of halogens is 1. The number of anilines is 1. The first-order valence-electron chi connectivity index (χ1n) is 6.25. The molecular formula is C16H15FN2. The maximum Gasteiger partial charge on any atom is 0.123 e. The van der Waals surface area contributed by atoms with Crippen LogP contribution in [0, 0.1) is 17.1 Å². The number of nitrogens with one attached hydrogen (secondary N) is 1. The molecule has 1 N–H and O–H groups in total. The van der Waals surface area contributed by atoms with Gasteiger partial charge in [0.1, 0.15) is 5.82 Å². The van der Waals surface area contributed by atoms with Gasteiger partial charge in [0.15, 0.2) is 0 Å². The molecule has 0 saturated heterocycles. The molecule has 2 rings (SSSR count). The predicted molar refractivity (Wildman–Crippen MR) is 74.2 cm³/mol. The maximum atomic E-state index is 13.3. The third-order valence-corrected chi connectivity index (χ3v) is 2.99. The Labute approximate surface area is 112 Å². The molecule has 3 heteroatoms. The molecule has 0 aliphatic carbocycles. The van der Waals surface area contributed by atoms with E-state index >= 15 is 0 Å². The zero-order valence-electron chi connectivity index (χ0n) is 10.7. The van der Waals surface area contributed by atoms with Gasteiger partial charge in [-0.2, -0.15) is 5.26 Å². The molecule has 0 amide bonds. The van der Waals surface area contributed by atoms with E-state index in [0.717, 1.165) is 17.7 Å². The number of benzene rings is 2. The van der Waals surface area contributed by atoms with Gasteiger partial charge in [-0.3, -0.25) is 0 Å². The van der Waals surface area contributed by atoms with Crippen LogP contribution in [0.1, 0.15) is 30.5 Å². The molecule has 2 aromatic rings. The van der Waals surface area contributed by atoms with Crippen LogP contribution in [0.15, 0.2) is 48.5 Å². The maximum absolute atomic E-state index is 13.3. The standard InChI is InChI=1S/C16H15FN2/c1-2-16(13-6-4-7-14(17)10-13)19-15-8-3-5-12(9-15)11-18/h3-10,16,19H,2H2,1H3. The van der Waals surface area contributed by atoms with Gasteiger partial charge in [0.25, 0.3) is 0 Å². The Balaban J connectivity index is 2.21. The van der Waals surface area contributed by atoms with E-state index < -0.39 is 0 Å². The molecule has 0 bridgehead atoms. The minimum atomic E-state index is -0.233. The predicted octanol–water partition coefficient (Wildman–Crippen LogP) is 4.26. The van der Waals surface area contributed by atoms with Gasteiger partial charge >= 0.3 is 0 Å². The van der Waals surface area contributed by atoms with Gasteiger partial charge in [0.2, 0.25) is 0 Å². The van der Waals surface area contributed by atoms with E-state index in [9.17, 15) is 4.39 Å². The summed E-state index contributed by atoms with van der Waals surface area (Å²) in [6.45, 7) is 2.04. The second-order valence-electron chi connectivity index (χ2n) is 4.35. The molecule has 19 heavy (non-hydrogen) atoms. The van der Waals surface area contributed by atoms with Gasteiger partial charge in [0.05, 0.1) is 17.7 Å². The molecule has 0 aromatic heterocycles. The first-order valence-corrected chi connectivity index (χ1v) is 6.25. The van der Waals surface area contributed by atoms with Gasteiger partial charge in [-0.25, -0.2) is 4.39 Å². The average molecular weight is 254 g/mol. The summed E-state index contributed by atoms with van der Waals surface area (Å²) in [6.07, 6.45) is 0.834. The second-order valence-corrected chi connectivity index (χ2v) is 4.35. The van der Waals surface area contributed by atoms with Crippen LogP contribution >= 0.6 is 0 Å². The van der Waals surface area contributed by atoms with E-state index in [4.69, 9.17) is 5.26 Å². The van der Waals surface area contributed by atoms with Crippen LogP contribution in [-0.4, -0.2) is 0 Å². The molecule has 2 aromatic carbocycles. The van der Waals surface area contributed by atoms with Crippen molar-refractivity contribution in [1.29, 1.82) is 5.26 Å². The number of hydrogen-bond donors (Lipinski definition) is 1. The van der Waals surface area contributed by atoms with Crippen LogP contribution in [0.2, 0.25) is 0 Å². The highest BCUT2D eigenvalue weighted by Gasteiger charge is 2.10. The molecule has 96 valence electrons. The van der Waals surface area contributed by atoms with Crippen molar-refractivity contribution in [3.05, 3.63) is 65.5 Å². The smallest absolute Gasteiger partial charge is 0.123 e. The molecule has 0 fully saturated rings. The van der Waals surface area contributed by atoms with Crippen molar-refractivity contribution in [2.24, 2.45) is 0 Å². The summed E-state index contributed by atoms with van der Waals surface area (Å²) >= 11 is 0. The van der Waals surface area contributed by atoms with E-state index in [2.05, 4.69) is 11.4 Å². The lowest BCUT2D eigenvalue weighted by atomic mass is 10.0. The Bertz CT molecular complexity index is 602. The zero-order chi connectivity index (χ0) is 13.7. The van der Waals surface area contributed by atoms with E-state index in [0.29, 0.717) is 5.56 Å². The fourth-order valence-corrected chi connectivity index (χ4v) is 2.02. The SMILES string of the molecule is CCC(Nc1cccc(C#N)c1)c1cccc(F)c1. The molecule has 0 aliphatic rings. The molecule has 1 unspecified atom stereocenters. The molecule has 0 aliphatic heterocycles. The largest absolute Gasteiger partial charge is 0.378 e. The third-order valence-electron chi connectivity index (χ3n) is 2.99. The van der Waals surface area contributed by atoms with Crippen molar-refractivity contribution in [3.63, 3.8) is 0 Å². The van der Waals surface area contributed by atoms with E-state index in [1.165, 1.54) is 12.1 Å². The van der Waals surface area contributed by atoms with Crippen LogP contribution in [0.5, 0.6) is 0 Å². The summed E-state index contributed by atoms with van der Waals surface area (Å²) < 4.78 is 13.3. The topological polar surface area (TPSA) is 35.8 Å². The highest BCUT2D eigenvalue weighted by Crippen LogP contribution is 2.23. The molecule has 0 radical (unpaired) electrons. The van der Waals surface area contributed by atoms with Gasteiger partial charge in [-0.05, 0) is 42.3 Å². The van der Waals surface area contributed by atoms with Gasteiger partial charge in [-0.1, -0.05) is 25.1 Å². The average Bonchev–Trinajstić information content (AvgIpc) is 2.45. The van der Waals surface area contributed by atoms with Crippen LogP contribution in [-0.2, 0) is 0 Å². The van der Waals surface area contributed by atoms with Gasteiger partial charge in [0, 0.05) is 5.69 Å². The Morgan fingerprint density at radius 3 is 2.68 bits per heavy atom. The summed E-state index contributed by atoms with van der Waals surface area (Å²) in [6, 6.07) is 16.0. The fraction of sp³-hybridized carbons (Fsp3) is 0.188. The minimum absolute atomic E-state index is 0.0321. The van der Waals surface area contributed by atoms with Crippen LogP contribution < -0.4 is 5.32 Å². The van der Waals surface area contributed by atoms with Crippen molar-refractivity contribution in [2.75, 3.05) is 5.32 Å². The quantitative estimate of drug-likeness (QED) is 0.884. The molecule has 0 saturated carbocycles. The number of nitrogens with zero attached hydrogens (tertiary/aromatic N) is 1. The Morgan fingerprint density at radius 2 is 2.00 bits per heavy atom. The van der Waals surface area contributed by atoms with E-state index in [1.807, 2.05) is 25.1 Å². The Morgan fingerprint density at radius 1 is 1.21 bits per heavy atom. The van der Waals surface area contributed by atoms with Gasteiger partial charge in [-0.15, -0.1) is 0 Å². The minimum Gasteiger partial charge on any atom is -0.378 e. The lowest BCUT2D eigenvalue weighted by Gasteiger charge is -2.19. The first kappa shape index (κ1) is 13.1. The van der Waals surface area contributed by atoms with Crippen LogP contribution in [0.4, 0.5) is 10.1 Å². The molecule has 2 nitrogen and oxygen atoms in total. The van der Waals surface area contributed by atoms with Crippen molar-refractivity contribution in [3.8, 4) is 6.07 Å². The number of hydrogen-bond acceptors (Lipinski definition) is 2. The highest BCUT2D eigenvalue weighted by molar-refractivity contribution is 5.50. The van der Waals surface area contributed by atoms with E-state index in [1.54, 1.807) is 18.2 Å². The number of rotatable bonds is 4. The fourth-order valence-electron chi connectivity index (χ4n) is 2.02.